The highest BCUT2D eigenvalue weighted by atomic mass is 16.1. The van der Waals surface area contributed by atoms with E-state index >= 15 is 0 Å². The molecule has 18 heavy (non-hydrogen) atoms. The number of anilines is 1. The molecule has 2 heterocycles. The third-order valence-corrected chi connectivity index (χ3v) is 4.16. The maximum absolute atomic E-state index is 12.7. The van der Waals surface area contributed by atoms with Crippen LogP contribution in [0.15, 0.2) is 36.4 Å². The van der Waals surface area contributed by atoms with Crippen LogP contribution < -0.4 is 4.90 Å². The summed E-state index contributed by atoms with van der Waals surface area (Å²) in [4.78, 5) is 15.0. The summed E-state index contributed by atoms with van der Waals surface area (Å²) in [6.07, 6.45) is 8.74. The van der Waals surface area contributed by atoms with Crippen LogP contribution in [0.2, 0.25) is 0 Å². The Hall–Kier alpha value is -1.57. The van der Waals surface area contributed by atoms with Gasteiger partial charge in [-0.05, 0) is 18.6 Å². The van der Waals surface area contributed by atoms with E-state index in [4.69, 9.17) is 0 Å². The summed E-state index contributed by atoms with van der Waals surface area (Å²) < 4.78 is 0. The number of hydrogen-bond donors (Lipinski definition) is 0. The van der Waals surface area contributed by atoms with Gasteiger partial charge < -0.3 is 4.90 Å². The van der Waals surface area contributed by atoms with E-state index in [-0.39, 0.29) is 5.54 Å². The SMILES string of the molecule is CCCCCC12C=CCN1c1ccccc1C2=O. The van der Waals surface area contributed by atoms with Gasteiger partial charge in [-0.2, -0.15) is 0 Å². The first-order valence-corrected chi connectivity index (χ1v) is 6.89. The number of Topliss-reactive ketones (excluding diaryl/α,β-unsaturated/α-hetero) is 1. The molecule has 2 nitrogen and oxygen atoms in total. The normalized spacial score (nSPS) is 24.5. The Morgan fingerprint density at radius 2 is 2.11 bits per heavy atom. The molecular formula is C16H19NO. The Labute approximate surface area is 108 Å². The minimum Gasteiger partial charge on any atom is -0.351 e. The zero-order valence-electron chi connectivity index (χ0n) is 10.9. The van der Waals surface area contributed by atoms with Gasteiger partial charge in [0, 0.05) is 17.8 Å². The summed E-state index contributed by atoms with van der Waals surface area (Å²) in [5.41, 5.74) is 1.65. The lowest BCUT2D eigenvalue weighted by Gasteiger charge is -2.31. The second-order valence-corrected chi connectivity index (χ2v) is 5.24. The Bertz CT molecular complexity index is 506. The van der Waals surface area contributed by atoms with Crippen LogP contribution in [0.1, 0.15) is 43.0 Å². The quantitative estimate of drug-likeness (QED) is 0.593. The second-order valence-electron chi connectivity index (χ2n) is 5.24. The van der Waals surface area contributed by atoms with Crippen molar-refractivity contribution in [2.45, 2.75) is 38.1 Å². The zero-order valence-corrected chi connectivity index (χ0v) is 10.9. The van der Waals surface area contributed by atoms with E-state index < -0.39 is 0 Å². The number of para-hydroxylation sites is 1. The first kappa shape index (κ1) is 11.5. The molecule has 2 aliphatic heterocycles. The Morgan fingerprint density at radius 1 is 1.28 bits per heavy atom. The lowest BCUT2D eigenvalue weighted by molar-refractivity contribution is 0.0928. The largest absolute Gasteiger partial charge is 0.351 e. The lowest BCUT2D eigenvalue weighted by atomic mass is 9.88. The van der Waals surface area contributed by atoms with E-state index in [1.807, 2.05) is 18.2 Å². The first-order chi connectivity index (χ1) is 8.79. The number of carbonyl (C=O) groups excluding carboxylic acids is 1. The van der Waals surface area contributed by atoms with Crippen LogP contribution in [0.4, 0.5) is 5.69 Å². The van der Waals surface area contributed by atoms with Gasteiger partial charge in [0.15, 0.2) is 5.78 Å². The predicted molar refractivity (Wildman–Crippen MR) is 74.1 cm³/mol. The minimum atomic E-state index is -0.362. The van der Waals surface area contributed by atoms with Crippen molar-refractivity contribution in [3.05, 3.63) is 42.0 Å². The summed E-state index contributed by atoms with van der Waals surface area (Å²) in [5.74, 6) is 0.294. The Morgan fingerprint density at radius 3 is 2.94 bits per heavy atom. The Kier molecular flexibility index (Phi) is 2.73. The molecule has 0 spiro atoms. The number of rotatable bonds is 4. The van der Waals surface area contributed by atoms with Crippen molar-refractivity contribution in [3.63, 3.8) is 0 Å². The fraction of sp³-hybridized carbons (Fsp3) is 0.438. The van der Waals surface area contributed by atoms with E-state index in [0.29, 0.717) is 5.78 Å². The molecule has 3 rings (SSSR count). The van der Waals surface area contributed by atoms with Crippen molar-refractivity contribution >= 4 is 11.5 Å². The van der Waals surface area contributed by atoms with Gasteiger partial charge in [0.25, 0.3) is 0 Å². The van der Waals surface area contributed by atoms with E-state index in [9.17, 15) is 4.79 Å². The fourth-order valence-electron chi connectivity index (χ4n) is 3.23. The Balaban J connectivity index is 1.95. The van der Waals surface area contributed by atoms with Crippen molar-refractivity contribution in [1.29, 1.82) is 0 Å². The van der Waals surface area contributed by atoms with Gasteiger partial charge in [-0.1, -0.05) is 50.5 Å². The highest BCUT2D eigenvalue weighted by Gasteiger charge is 2.50. The molecule has 0 amide bonds. The lowest BCUT2D eigenvalue weighted by Crippen LogP contribution is -2.45. The van der Waals surface area contributed by atoms with Crippen LogP contribution in [0.3, 0.4) is 0 Å². The molecular weight excluding hydrogens is 222 g/mol. The average molecular weight is 241 g/mol. The molecule has 94 valence electrons. The summed E-state index contributed by atoms with van der Waals surface area (Å²) in [7, 11) is 0. The smallest absolute Gasteiger partial charge is 0.194 e. The van der Waals surface area contributed by atoms with Crippen molar-refractivity contribution in [1.82, 2.24) is 0 Å². The standard InChI is InChI=1S/C16H19NO/c1-2-3-6-10-16-11-7-12-17(16)14-9-5-4-8-13(14)15(16)18/h4-5,7-9,11H,2-3,6,10,12H2,1H3. The number of nitrogens with zero attached hydrogens (tertiary/aromatic N) is 1. The molecule has 0 bridgehead atoms. The molecule has 1 atom stereocenters. The molecule has 0 saturated carbocycles. The van der Waals surface area contributed by atoms with Crippen molar-refractivity contribution in [2.24, 2.45) is 0 Å². The number of ketones is 1. The number of unbranched alkanes of at least 4 members (excludes halogenated alkanes) is 2. The van der Waals surface area contributed by atoms with E-state index in [1.54, 1.807) is 0 Å². The molecule has 1 unspecified atom stereocenters. The topological polar surface area (TPSA) is 20.3 Å². The summed E-state index contributed by atoms with van der Waals surface area (Å²) >= 11 is 0. The third-order valence-electron chi connectivity index (χ3n) is 4.16. The third kappa shape index (κ3) is 1.45. The molecule has 1 aromatic rings. The van der Waals surface area contributed by atoms with Crippen LogP contribution in [0.5, 0.6) is 0 Å². The first-order valence-electron chi connectivity index (χ1n) is 6.89. The number of fused-ring (bicyclic) bond motifs is 3. The van der Waals surface area contributed by atoms with Crippen LogP contribution in [-0.4, -0.2) is 17.9 Å². The molecule has 0 saturated heterocycles. The van der Waals surface area contributed by atoms with E-state index in [1.165, 1.54) is 12.8 Å². The molecule has 0 aromatic heterocycles. The monoisotopic (exact) mass is 241 g/mol. The average Bonchev–Trinajstić information content (AvgIpc) is 2.91. The van der Waals surface area contributed by atoms with Crippen molar-refractivity contribution in [3.8, 4) is 0 Å². The van der Waals surface area contributed by atoms with Crippen LogP contribution in [-0.2, 0) is 0 Å². The van der Waals surface area contributed by atoms with Gasteiger partial charge in [-0.15, -0.1) is 0 Å². The van der Waals surface area contributed by atoms with Gasteiger partial charge in [-0.3, -0.25) is 4.79 Å². The predicted octanol–water partition coefficient (Wildman–Crippen LogP) is 3.58. The molecule has 2 heteroatoms. The number of benzene rings is 1. The van der Waals surface area contributed by atoms with Gasteiger partial charge in [0.2, 0.25) is 0 Å². The fourth-order valence-corrected chi connectivity index (χ4v) is 3.23. The van der Waals surface area contributed by atoms with E-state index in [0.717, 1.165) is 30.6 Å². The van der Waals surface area contributed by atoms with Gasteiger partial charge in [-0.25, -0.2) is 0 Å². The van der Waals surface area contributed by atoms with Gasteiger partial charge in [0.05, 0.1) is 0 Å². The maximum Gasteiger partial charge on any atom is 0.194 e. The zero-order chi connectivity index (χ0) is 12.6. The van der Waals surface area contributed by atoms with Crippen LogP contribution in [0.25, 0.3) is 0 Å². The molecule has 0 fully saturated rings. The maximum atomic E-state index is 12.7. The molecule has 2 aliphatic rings. The number of hydrogen-bond acceptors (Lipinski definition) is 2. The second kappa shape index (κ2) is 4.27. The van der Waals surface area contributed by atoms with Crippen LogP contribution in [0, 0.1) is 0 Å². The summed E-state index contributed by atoms with van der Waals surface area (Å²) in [6, 6.07) is 8.02. The summed E-state index contributed by atoms with van der Waals surface area (Å²) in [6.45, 7) is 3.07. The van der Waals surface area contributed by atoms with E-state index in [2.05, 4.69) is 30.0 Å². The van der Waals surface area contributed by atoms with Gasteiger partial charge in [0.1, 0.15) is 5.54 Å². The molecule has 1 aromatic carbocycles. The highest BCUT2D eigenvalue weighted by Crippen LogP contribution is 2.44. The van der Waals surface area contributed by atoms with Crippen LogP contribution >= 0.6 is 0 Å². The molecule has 0 N–H and O–H groups in total. The van der Waals surface area contributed by atoms with Gasteiger partial charge >= 0.3 is 0 Å². The molecule has 0 radical (unpaired) electrons. The number of carbonyl (C=O) groups is 1. The minimum absolute atomic E-state index is 0.294. The van der Waals surface area contributed by atoms with Crippen molar-refractivity contribution < 1.29 is 4.79 Å². The summed E-state index contributed by atoms with van der Waals surface area (Å²) in [5, 5.41) is 0. The molecule has 0 aliphatic carbocycles. The highest BCUT2D eigenvalue weighted by molar-refractivity contribution is 6.15. The van der Waals surface area contributed by atoms with Crippen molar-refractivity contribution in [2.75, 3.05) is 11.4 Å².